The molecule has 33 heavy (non-hydrogen) atoms. The highest BCUT2D eigenvalue weighted by Crippen LogP contribution is 2.26. The van der Waals surface area contributed by atoms with E-state index in [0.717, 1.165) is 49.1 Å². The normalized spacial score (nSPS) is 11.6. The maximum Gasteiger partial charge on any atom is 0.341 e. The molecule has 1 aromatic heterocycles. The largest absolute Gasteiger partial charge is 0.477 e. The van der Waals surface area contributed by atoms with Gasteiger partial charge < -0.3 is 14.6 Å². The summed E-state index contributed by atoms with van der Waals surface area (Å²) < 4.78 is 1.86. The number of rotatable bonds is 11. The average Bonchev–Trinajstić information content (AvgIpc) is 2.79. The molecule has 0 aliphatic carbocycles. The standard InChI is InChI=1S/C26H30Cl2N2O3/c1-18(2)30-17-23(26(32)33)25(31)22-9-8-21(16-24(22)30)20-7-3-5-19(15-20)6-4-12-29(13-10-27)14-11-28/h3,5,7-9,15-18H,4,6,10-14H2,1-2H3,(H,32,33). The molecular formula is C26H30Cl2N2O3. The first-order valence-electron chi connectivity index (χ1n) is 11.2. The SMILES string of the molecule is CC(C)n1cc(C(=O)O)c(=O)c2ccc(-c3cccc(CCCN(CCCl)CCCl)c3)cc21. The van der Waals surface area contributed by atoms with Gasteiger partial charge in [0.1, 0.15) is 5.56 Å². The van der Waals surface area contributed by atoms with Crippen LogP contribution in [0.1, 0.15) is 42.2 Å². The van der Waals surface area contributed by atoms with Gasteiger partial charge in [0.2, 0.25) is 5.43 Å². The second-order valence-corrected chi connectivity index (χ2v) is 9.19. The van der Waals surface area contributed by atoms with Gasteiger partial charge in [0.25, 0.3) is 0 Å². The maximum atomic E-state index is 12.7. The van der Waals surface area contributed by atoms with Gasteiger partial charge in [-0.3, -0.25) is 4.79 Å². The fraction of sp³-hybridized carbons (Fsp3) is 0.385. The number of carboxylic acids is 1. The van der Waals surface area contributed by atoms with Crippen molar-refractivity contribution in [2.75, 3.05) is 31.4 Å². The summed E-state index contributed by atoms with van der Waals surface area (Å²) in [4.78, 5) is 26.5. The molecule has 0 amide bonds. The monoisotopic (exact) mass is 488 g/mol. The lowest BCUT2D eigenvalue weighted by molar-refractivity contribution is 0.0694. The van der Waals surface area contributed by atoms with E-state index in [-0.39, 0.29) is 11.6 Å². The molecule has 0 unspecified atom stereocenters. The van der Waals surface area contributed by atoms with Crippen LogP contribution in [0.15, 0.2) is 53.5 Å². The third-order valence-electron chi connectivity index (χ3n) is 5.82. The molecule has 3 rings (SSSR count). The van der Waals surface area contributed by atoms with Gasteiger partial charge in [-0.05, 0) is 62.1 Å². The van der Waals surface area contributed by atoms with E-state index in [4.69, 9.17) is 23.2 Å². The first kappa shape index (κ1) is 25.3. The van der Waals surface area contributed by atoms with Gasteiger partial charge in [-0.25, -0.2) is 4.79 Å². The summed E-state index contributed by atoms with van der Waals surface area (Å²) >= 11 is 11.8. The summed E-state index contributed by atoms with van der Waals surface area (Å²) in [5.74, 6) is -0.00299. The molecule has 1 heterocycles. The van der Waals surface area contributed by atoms with E-state index in [1.165, 1.54) is 11.8 Å². The minimum Gasteiger partial charge on any atom is -0.477 e. The maximum absolute atomic E-state index is 12.7. The van der Waals surface area contributed by atoms with Crippen LogP contribution < -0.4 is 5.43 Å². The van der Waals surface area contributed by atoms with Crippen molar-refractivity contribution in [2.24, 2.45) is 0 Å². The van der Waals surface area contributed by atoms with E-state index >= 15 is 0 Å². The number of aromatic carboxylic acids is 1. The Kier molecular flexibility index (Phi) is 8.95. The summed E-state index contributed by atoms with van der Waals surface area (Å²) in [6, 6.07) is 14.0. The van der Waals surface area contributed by atoms with E-state index in [9.17, 15) is 14.7 Å². The van der Waals surface area contributed by atoms with Crippen molar-refractivity contribution >= 4 is 40.1 Å². The number of pyridine rings is 1. The van der Waals surface area contributed by atoms with Crippen LogP contribution in [0.4, 0.5) is 0 Å². The Hall–Kier alpha value is -2.34. The molecule has 7 heteroatoms. The summed E-state index contributed by atoms with van der Waals surface area (Å²) in [5.41, 5.74) is 3.38. The minimum atomic E-state index is -1.20. The number of aromatic nitrogens is 1. The molecule has 0 saturated carbocycles. The van der Waals surface area contributed by atoms with Crippen LogP contribution in [-0.2, 0) is 6.42 Å². The lowest BCUT2D eigenvalue weighted by Crippen LogP contribution is -2.29. The molecule has 0 radical (unpaired) electrons. The van der Waals surface area contributed by atoms with Crippen LogP contribution in [-0.4, -0.2) is 51.9 Å². The number of carbonyl (C=O) groups is 1. The molecule has 3 aromatic rings. The third kappa shape index (κ3) is 6.17. The van der Waals surface area contributed by atoms with E-state index in [1.54, 1.807) is 6.07 Å². The van der Waals surface area contributed by atoms with Crippen LogP contribution in [0.25, 0.3) is 22.0 Å². The average molecular weight is 489 g/mol. The Balaban J connectivity index is 1.89. The van der Waals surface area contributed by atoms with Gasteiger partial charge in [0, 0.05) is 42.5 Å². The summed E-state index contributed by atoms with van der Waals surface area (Å²) in [5, 5.41) is 9.85. The van der Waals surface area contributed by atoms with Crippen LogP contribution in [0.2, 0.25) is 0 Å². The number of alkyl halides is 2. The number of benzene rings is 2. The molecule has 0 fully saturated rings. The fourth-order valence-corrected chi connectivity index (χ4v) is 4.57. The Bertz CT molecular complexity index is 1170. The topological polar surface area (TPSA) is 62.5 Å². The predicted octanol–water partition coefficient (Wildman–Crippen LogP) is 5.66. The number of carboxylic acid groups (broad SMARTS) is 1. The Labute approximate surface area is 204 Å². The number of hydrogen-bond acceptors (Lipinski definition) is 3. The highest BCUT2D eigenvalue weighted by Gasteiger charge is 2.16. The van der Waals surface area contributed by atoms with Gasteiger partial charge in [-0.2, -0.15) is 0 Å². The lowest BCUT2D eigenvalue weighted by Gasteiger charge is -2.19. The number of hydrogen-bond donors (Lipinski definition) is 1. The molecule has 0 aliphatic rings. The molecule has 0 atom stereocenters. The first-order chi connectivity index (χ1) is 15.8. The van der Waals surface area contributed by atoms with Gasteiger partial charge in [0.15, 0.2) is 0 Å². The third-order valence-corrected chi connectivity index (χ3v) is 6.16. The van der Waals surface area contributed by atoms with Gasteiger partial charge >= 0.3 is 5.97 Å². The number of aryl methyl sites for hydroxylation is 1. The van der Waals surface area contributed by atoms with Crippen molar-refractivity contribution in [3.05, 3.63) is 70.0 Å². The molecule has 1 N–H and O–H groups in total. The number of halogens is 2. The summed E-state index contributed by atoms with van der Waals surface area (Å²) in [7, 11) is 0. The van der Waals surface area contributed by atoms with Crippen LogP contribution in [0, 0.1) is 0 Å². The van der Waals surface area contributed by atoms with Crippen molar-refractivity contribution in [3.8, 4) is 11.1 Å². The van der Waals surface area contributed by atoms with Crippen molar-refractivity contribution in [1.29, 1.82) is 0 Å². The van der Waals surface area contributed by atoms with Gasteiger partial charge in [0.05, 0.1) is 5.52 Å². The lowest BCUT2D eigenvalue weighted by atomic mass is 9.99. The predicted molar refractivity (Wildman–Crippen MR) is 137 cm³/mol. The van der Waals surface area contributed by atoms with Crippen LogP contribution in [0.5, 0.6) is 0 Å². The molecule has 2 aromatic carbocycles. The van der Waals surface area contributed by atoms with E-state index in [0.29, 0.717) is 17.1 Å². The summed E-state index contributed by atoms with van der Waals surface area (Å²) in [6.45, 7) is 6.58. The van der Waals surface area contributed by atoms with Crippen LogP contribution in [0.3, 0.4) is 0 Å². The second kappa shape index (κ2) is 11.7. The fourth-order valence-electron chi connectivity index (χ4n) is 4.10. The highest BCUT2D eigenvalue weighted by molar-refractivity contribution is 6.18. The zero-order valence-electron chi connectivity index (χ0n) is 19.1. The highest BCUT2D eigenvalue weighted by atomic mass is 35.5. The van der Waals surface area contributed by atoms with E-state index < -0.39 is 11.4 Å². The molecule has 0 aliphatic heterocycles. The van der Waals surface area contributed by atoms with E-state index in [1.807, 2.05) is 36.6 Å². The molecule has 0 bridgehead atoms. The molecular weight excluding hydrogens is 459 g/mol. The molecule has 0 saturated heterocycles. The van der Waals surface area contributed by atoms with Crippen molar-refractivity contribution in [1.82, 2.24) is 9.47 Å². The number of nitrogens with zero attached hydrogens (tertiary/aromatic N) is 2. The van der Waals surface area contributed by atoms with Gasteiger partial charge in [-0.15, -0.1) is 23.2 Å². The second-order valence-electron chi connectivity index (χ2n) is 8.43. The smallest absolute Gasteiger partial charge is 0.341 e. The van der Waals surface area contributed by atoms with E-state index in [2.05, 4.69) is 23.1 Å². The van der Waals surface area contributed by atoms with Gasteiger partial charge in [-0.1, -0.05) is 30.3 Å². The zero-order chi connectivity index (χ0) is 24.0. The Morgan fingerprint density at radius 3 is 2.36 bits per heavy atom. The molecule has 5 nitrogen and oxygen atoms in total. The quantitative estimate of drug-likeness (QED) is 0.353. The molecule has 0 spiro atoms. The number of fused-ring (bicyclic) bond motifs is 1. The summed E-state index contributed by atoms with van der Waals surface area (Å²) in [6.07, 6.45) is 3.41. The first-order valence-corrected chi connectivity index (χ1v) is 12.3. The Morgan fingerprint density at radius 2 is 1.73 bits per heavy atom. The minimum absolute atomic E-state index is 0.0108. The van der Waals surface area contributed by atoms with Crippen molar-refractivity contribution in [3.63, 3.8) is 0 Å². The van der Waals surface area contributed by atoms with Crippen molar-refractivity contribution in [2.45, 2.75) is 32.7 Å². The zero-order valence-corrected chi connectivity index (χ0v) is 20.6. The van der Waals surface area contributed by atoms with Crippen molar-refractivity contribution < 1.29 is 9.90 Å². The molecule has 176 valence electrons. The van der Waals surface area contributed by atoms with Crippen LogP contribution >= 0.6 is 23.2 Å². The Morgan fingerprint density at radius 1 is 1.03 bits per heavy atom.